The predicted octanol–water partition coefficient (Wildman–Crippen LogP) is 2.28. The van der Waals surface area contributed by atoms with E-state index in [9.17, 15) is 0 Å². The van der Waals surface area contributed by atoms with E-state index in [1.807, 2.05) is 0 Å². The number of piperazine rings is 1. The first-order valence-electron chi connectivity index (χ1n) is 5.76. The minimum Gasteiger partial charge on any atom is -0.491 e. The molecule has 1 aliphatic rings. The molecular formula is C12H16Cl2N2O. The van der Waals surface area contributed by atoms with Gasteiger partial charge >= 0.3 is 0 Å². The van der Waals surface area contributed by atoms with Gasteiger partial charge < -0.3 is 10.1 Å². The molecule has 0 aromatic heterocycles. The fraction of sp³-hybridized carbons (Fsp3) is 0.500. The number of ether oxygens (including phenoxy) is 1. The Balaban J connectivity index is 1.79. The summed E-state index contributed by atoms with van der Waals surface area (Å²) in [6.45, 7) is 5.82. The molecule has 0 unspecified atom stereocenters. The molecule has 1 aliphatic heterocycles. The van der Waals surface area contributed by atoms with Crippen molar-refractivity contribution in [2.75, 3.05) is 39.3 Å². The number of benzene rings is 1. The predicted molar refractivity (Wildman–Crippen MR) is 71.3 cm³/mol. The molecule has 0 saturated carbocycles. The molecule has 0 spiro atoms. The standard InChI is InChI=1S/C12H16Cl2N2O/c13-10-1-2-11(14)12(9-10)17-8-7-16-5-3-15-4-6-16/h1-2,9,15H,3-8H2. The summed E-state index contributed by atoms with van der Waals surface area (Å²) >= 11 is 11.9. The fourth-order valence-electron chi connectivity index (χ4n) is 1.81. The van der Waals surface area contributed by atoms with E-state index in [0.717, 1.165) is 32.7 Å². The molecule has 0 aliphatic carbocycles. The van der Waals surface area contributed by atoms with Crippen LogP contribution in [0.2, 0.25) is 10.0 Å². The molecule has 1 heterocycles. The monoisotopic (exact) mass is 274 g/mol. The van der Waals surface area contributed by atoms with Crippen molar-refractivity contribution >= 4 is 23.2 Å². The minimum atomic E-state index is 0.606. The van der Waals surface area contributed by atoms with Gasteiger partial charge in [-0.2, -0.15) is 0 Å². The highest BCUT2D eigenvalue weighted by atomic mass is 35.5. The Labute approximate surface area is 112 Å². The molecule has 5 heteroatoms. The summed E-state index contributed by atoms with van der Waals surface area (Å²) in [7, 11) is 0. The lowest BCUT2D eigenvalue weighted by atomic mass is 10.3. The van der Waals surface area contributed by atoms with E-state index in [1.165, 1.54) is 0 Å². The van der Waals surface area contributed by atoms with Gasteiger partial charge in [-0.1, -0.05) is 23.2 Å². The lowest BCUT2D eigenvalue weighted by molar-refractivity contribution is 0.191. The number of hydrogen-bond donors (Lipinski definition) is 1. The molecule has 1 aromatic rings. The second-order valence-electron chi connectivity index (χ2n) is 4.01. The second-order valence-corrected chi connectivity index (χ2v) is 4.86. The van der Waals surface area contributed by atoms with Crippen LogP contribution >= 0.6 is 23.2 Å². The summed E-state index contributed by atoms with van der Waals surface area (Å²) < 4.78 is 5.64. The van der Waals surface area contributed by atoms with E-state index in [1.54, 1.807) is 18.2 Å². The number of nitrogens with zero attached hydrogens (tertiary/aromatic N) is 1. The van der Waals surface area contributed by atoms with Crippen molar-refractivity contribution in [1.82, 2.24) is 10.2 Å². The van der Waals surface area contributed by atoms with Crippen LogP contribution in [-0.4, -0.2) is 44.2 Å². The van der Waals surface area contributed by atoms with Crippen molar-refractivity contribution in [3.05, 3.63) is 28.2 Å². The average Bonchev–Trinajstić information content (AvgIpc) is 2.35. The zero-order valence-corrected chi connectivity index (χ0v) is 11.1. The molecule has 1 fully saturated rings. The molecule has 0 atom stereocenters. The van der Waals surface area contributed by atoms with Crippen molar-refractivity contribution < 1.29 is 4.74 Å². The lowest BCUT2D eigenvalue weighted by Gasteiger charge is -2.27. The van der Waals surface area contributed by atoms with Gasteiger partial charge in [-0.25, -0.2) is 0 Å². The molecule has 94 valence electrons. The molecule has 1 aromatic carbocycles. The van der Waals surface area contributed by atoms with Gasteiger partial charge in [-0.05, 0) is 12.1 Å². The normalized spacial score (nSPS) is 17.1. The van der Waals surface area contributed by atoms with Crippen LogP contribution in [0.3, 0.4) is 0 Å². The highest BCUT2D eigenvalue weighted by Crippen LogP contribution is 2.27. The fourth-order valence-corrected chi connectivity index (χ4v) is 2.14. The molecule has 17 heavy (non-hydrogen) atoms. The highest BCUT2D eigenvalue weighted by Gasteiger charge is 2.09. The van der Waals surface area contributed by atoms with Crippen molar-refractivity contribution in [3.63, 3.8) is 0 Å². The third-order valence-corrected chi connectivity index (χ3v) is 3.32. The maximum Gasteiger partial charge on any atom is 0.139 e. The Kier molecular flexibility index (Phi) is 4.92. The van der Waals surface area contributed by atoms with Gasteiger partial charge in [-0.3, -0.25) is 4.90 Å². The van der Waals surface area contributed by atoms with Crippen molar-refractivity contribution in [3.8, 4) is 5.75 Å². The summed E-state index contributed by atoms with van der Waals surface area (Å²) in [5, 5.41) is 4.57. The van der Waals surface area contributed by atoms with Gasteiger partial charge in [0, 0.05) is 43.8 Å². The van der Waals surface area contributed by atoms with Crippen LogP contribution in [0.1, 0.15) is 0 Å². The topological polar surface area (TPSA) is 24.5 Å². The Morgan fingerprint density at radius 3 is 2.76 bits per heavy atom. The molecular weight excluding hydrogens is 259 g/mol. The van der Waals surface area contributed by atoms with E-state index in [-0.39, 0.29) is 0 Å². The Morgan fingerprint density at radius 2 is 2.00 bits per heavy atom. The van der Waals surface area contributed by atoms with Gasteiger partial charge in [0.25, 0.3) is 0 Å². The number of rotatable bonds is 4. The van der Waals surface area contributed by atoms with Crippen LogP contribution in [0.5, 0.6) is 5.75 Å². The Morgan fingerprint density at radius 1 is 1.24 bits per heavy atom. The van der Waals surface area contributed by atoms with Gasteiger partial charge in [0.1, 0.15) is 12.4 Å². The summed E-state index contributed by atoms with van der Waals surface area (Å²) in [6.07, 6.45) is 0. The number of hydrogen-bond acceptors (Lipinski definition) is 3. The van der Waals surface area contributed by atoms with Crippen LogP contribution in [0, 0.1) is 0 Å². The summed E-state index contributed by atoms with van der Waals surface area (Å²) in [6, 6.07) is 5.26. The van der Waals surface area contributed by atoms with Gasteiger partial charge in [0.15, 0.2) is 0 Å². The van der Waals surface area contributed by atoms with E-state index in [4.69, 9.17) is 27.9 Å². The van der Waals surface area contributed by atoms with Crippen molar-refractivity contribution in [2.24, 2.45) is 0 Å². The van der Waals surface area contributed by atoms with Crippen LogP contribution in [0.4, 0.5) is 0 Å². The molecule has 1 saturated heterocycles. The quantitative estimate of drug-likeness (QED) is 0.912. The Bertz CT molecular complexity index is 368. The van der Waals surface area contributed by atoms with Gasteiger partial charge in [0.2, 0.25) is 0 Å². The van der Waals surface area contributed by atoms with Crippen molar-refractivity contribution in [1.29, 1.82) is 0 Å². The SMILES string of the molecule is Clc1ccc(Cl)c(OCCN2CCNCC2)c1. The maximum atomic E-state index is 6.01. The highest BCUT2D eigenvalue weighted by molar-refractivity contribution is 6.34. The number of nitrogens with one attached hydrogen (secondary N) is 1. The summed E-state index contributed by atoms with van der Waals surface area (Å²) in [5.74, 6) is 0.661. The molecule has 0 amide bonds. The first-order chi connectivity index (χ1) is 8.25. The van der Waals surface area contributed by atoms with Crippen LogP contribution in [0.15, 0.2) is 18.2 Å². The van der Waals surface area contributed by atoms with E-state index >= 15 is 0 Å². The molecule has 0 bridgehead atoms. The lowest BCUT2D eigenvalue weighted by Crippen LogP contribution is -2.44. The first kappa shape index (κ1) is 13.0. The summed E-state index contributed by atoms with van der Waals surface area (Å²) in [4.78, 5) is 2.37. The zero-order valence-electron chi connectivity index (χ0n) is 9.59. The Hall–Kier alpha value is -0.480. The molecule has 0 radical (unpaired) electrons. The van der Waals surface area contributed by atoms with Crippen molar-refractivity contribution in [2.45, 2.75) is 0 Å². The van der Waals surface area contributed by atoms with Crippen LogP contribution in [-0.2, 0) is 0 Å². The van der Waals surface area contributed by atoms with E-state index in [2.05, 4.69) is 10.2 Å². The maximum absolute atomic E-state index is 6.01. The third-order valence-electron chi connectivity index (χ3n) is 2.77. The third kappa shape index (κ3) is 4.03. The van der Waals surface area contributed by atoms with Gasteiger partial charge in [0.05, 0.1) is 5.02 Å². The van der Waals surface area contributed by atoms with Crippen LogP contribution in [0.25, 0.3) is 0 Å². The molecule has 2 rings (SSSR count). The van der Waals surface area contributed by atoms with E-state index in [0.29, 0.717) is 22.4 Å². The minimum absolute atomic E-state index is 0.606. The zero-order chi connectivity index (χ0) is 12.1. The molecule has 1 N–H and O–H groups in total. The van der Waals surface area contributed by atoms with E-state index < -0.39 is 0 Å². The number of halogens is 2. The van der Waals surface area contributed by atoms with Crippen LogP contribution < -0.4 is 10.1 Å². The summed E-state index contributed by atoms with van der Waals surface area (Å²) in [5.41, 5.74) is 0. The average molecular weight is 275 g/mol. The largest absolute Gasteiger partial charge is 0.491 e. The smallest absolute Gasteiger partial charge is 0.139 e. The van der Waals surface area contributed by atoms with Gasteiger partial charge in [-0.15, -0.1) is 0 Å². The second kappa shape index (κ2) is 6.45. The molecule has 3 nitrogen and oxygen atoms in total. The first-order valence-corrected chi connectivity index (χ1v) is 6.52.